The first-order chi connectivity index (χ1) is 10.8. The molecule has 1 unspecified atom stereocenters. The van der Waals surface area contributed by atoms with E-state index in [1.165, 1.54) is 0 Å². The number of ether oxygens (including phenoxy) is 2. The van der Waals surface area contributed by atoms with Crippen LogP contribution < -0.4 is 5.32 Å². The van der Waals surface area contributed by atoms with Crippen molar-refractivity contribution in [2.75, 3.05) is 19.7 Å². The summed E-state index contributed by atoms with van der Waals surface area (Å²) in [5.74, 6) is -0.314. The van der Waals surface area contributed by atoms with E-state index in [1.54, 1.807) is 0 Å². The number of carbonyl (C=O) groups excluding carboxylic acids is 1. The maximum atomic E-state index is 12.0. The lowest BCUT2D eigenvalue weighted by Crippen LogP contribution is -2.35. The molecule has 5 heteroatoms. The molecule has 0 bridgehead atoms. The second-order valence-corrected chi connectivity index (χ2v) is 7.90. The molecular weight excluding hydrogens is 358 g/mol. The minimum atomic E-state index is -0.490. The summed E-state index contributed by atoms with van der Waals surface area (Å²) in [4.78, 5) is 12.0. The van der Waals surface area contributed by atoms with E-state index in [0.29, 0.717) is 0 Å². The number of esters is 1. The van der Waals surface area contributed by atoms with Crippen LogP contribution in [0.2, 0.25) is 0 Å². The van der Waals surface area contributed by atoms with Crippen molar-refractivity contribution in [2.45, 2.75) is 51.2 Å². The van der Waals surface area contributed by atoms with Gasteiger partial charge in [0.05, 0.1) is 5.60 Å². The summed E-state index contributed by atoms with van der Waals surface area (Å²) >= 11 is 3.47. The highest BCUT2D eigenvalue weighted by Crippen LogP contribution is 2.36. The molecule has 1 heterocycles. The molecule has 0 aliphatic carbocycles. The fourth-order valence-electron chi connectivity index (χ4n) is 2.88. The molecule has 1 aromatic carbocycles. The third kappa shape index (κ3) is 5.59. The molecule has 1 fully saturated rings. The quantitative estimate of drug-likeness (QED) is 0.803. The minimum Gasteiger partial charge on any atom is -0.458 e. The second kappa shape index (κ2) is 7.77. The van der Waals surface area contributed by atoms with Crippen LogP contribution in [0, 0.1) is 0 Å². The van der Waals surface area contributed by atoms with Gasteiger partial charge in [-0.05, 0) is 70.8 Å². The monoisotopic (exact) mass is 383 g/mol. The van der Waals surface area contributed by atoms with Crippen molar-refractivity contribution in [3.05, 3.63) is 34.3 Å². The fraction of sp³-hybridized carbons (Fsp3) is 0.611. The van der Waals surface area contributed by atoms with Crippen LogP contribution in [0.3, 0.4) is 0 Å². The molecule has 0 aromatic heterocycles. The summed E-state index contributed by atoms with van der Waals surface area (Å²) in [7, 11) is 0. The SMILES string of the molecule is CC(C)(C)OC(=O)COC1(c2ccc(Br)cc2)CCCNCC1. The van der Waals surface area contributed by atoms with Crippen LogP contribution in [-0.4, -0.2) is 31.3 Å². The van der Waals surface area contributed by atoms with Crippen LogP contribution in [0.4, 0.5) is 0 Å². The number of rotatable bonds is 4. The number of carbonyl (C=O) groups is 1. The number of hydrogen-bond donors (Lipinski definition) is 1. The predicted molar refractivity (Wildman–Crippen MR) is 94.3 cm³/mol. The van der Waals surface area contributed by atoms with Gasteiger partial charge in [-0.3, -0.25) is 0 Å². The zero-order chi connectivity index (χ0) is 16.9. The first-order valence-electron chi connectivity index (χ1n) is 8.13. The summed E-state index contributed by atoms with van der Waals surface area (Å²) in [6.45, 7) is 7.44. The lowest BCUT2D eigenvalue weighted by Gasteiger charge is -2.33. The molecule has 2 rings (SSSR count). The third-order valence-electron chi connectivity index (χ3n) is 3.90. The van der Waals surface area contributed by atoms with E-state index in [4.69, 9.17) is 9.47 Å². The molecule has 1 aliphatic rings. The molecule has 4 nitrogen and oxygen atoms in total. The summed E-state index contributed by atoms with van der Waals surface area (Å²) in [6.07, 6.45) is 2.76. The first kappa shape index (κ1) is 18.4. The minimum absolute atomic E-state index is 0.0205. The van der Waals surface area contributed by atoms with Crippen molar-refractivity contribution in [3.63, 3.8) is 0 Å². The van der Waals surface area contributed by atoms with Crippen LogP contribution in [0.5, 0.6) is 0 Å². The van der Waals surface area contributed by atoms with E-state index in [9.17, 15) is 4.79 Å². The molecule has 1 aliphatic heterocycles. The largest absolute Gasteiger partial charge is 0.458 e. The Hall–Kier alpha value is -0.910. The van der Waals surface area contributed by atoms with Gasteiger partial charge in [0.25, 0.3) is 0 Å². The molecule has 0 saturated carbocycles. The summed E-state index contributed by atoms with van der Waals surface area (Å²) < 4.78 is 12.6. The van der Waals surface area contributed by atoms with Crippen LogP contribution in [-0.2, 0) is 19.9 Å². The van der Waals surface area contributed by atoms with Crippen molar-refractivity contribution < 1.29 is 14.3 Å². The Balaban J connectivity index is 2.14. The number of halogens is 1. The topological polar surface area (TPSA) is 47.6 Å². The van der Waals surface area contributed by atoms with Gasteiger partial charge in [0.1, 0.15) is 12.2 Å². The molecule has 1 N–H and O–H groups in total. The highest BCUT2D eigenvalue weighted by atomic mass is 79.9. The molecule has 1 atom stereocenters. The molecular formula is C18H26BrNO3. The zero-order valence-electron chi connectivity index (χ0n) is 14.2. The van der Waals surface area contributed by atoms with Crippen LogP contribution in [0.25, 0.3) is 0 Å². The molecule has 1 aromatic rings. The Morgan fingerprint density at radius 1 is 1.22 bits per heavy atom. The van der Waals surface area contributed by atoms with Gasteiger partial charge in [0.2, 0.25) is 0 Å². The Kier molecular flexibility index (Phi) is 6.23. The smallest absolute Gasteiger partial charge is 0.332 e. The number of benzene rings is 1. The van der Waals surface area contributed by atoms with Gasteiger partial charge in [-0.2, -0.15) is 0 Å². The predicted octanol–water partition coefficient (Wildman–Crippen LogP) is 3.78. The van der Waals surface area contributed by atoms with Crippen molar-refractivity contribution in [3.8, 4) is 0 Å². The average Bonchev–Trinajstić information content (AvgIpc) is 2.71. The van der Waals surface area contributed by atoms with E-state index in [0.717, 1.165) is 42.4 Å². The van der Waals surface area contributed by atoms with Crippen molar-refractivity contribution >= 4 is 21.9 Å². The van der Waals surface area contributed by atoms with Gasteiger partial charge in [0, 0.05) is 4.47 Å². The second-order valence-electron chi connectivity index (χ2n) is 6.98. The van der Waals surface area contributed by atoms with E-state index in [-0.39, 0.29) is 12.6 Å². The Morgan fingerprint density at radius 3 is 2.57 bits per heavy atom. The normalized spacial score (nSPS) is 22.4. The Morgan fingerprint density at radius 2 is 1.91 bits per heavy atom. The number of hydrogen-bond acceptors (Lipinski definition) is 4. The fourth-order valence-corrected chi connectivity index (χ4v) is 3.14. The standard InChI is InChI=1S/C18H26BrNO3/c1-17(2,3)23-16(21)13-22-18(9-4-11-20-12-10-18)14-5-7-15(19)8-6-14/h5-8,20H,4,9-13H2,1-3H3. The summed E-state index contributed by atoms with van der Waals surface area (Å²) in [5.41, 5.74) is 0.199. The van der Waals surface area contributed by atoms with Crippen LogP contribution in [0.1, 0.15) is 45.6 Å². The van der Waals surface area contributed by atoms with Gasteiger partial charge in [-0.1, -0.05) is 28.1 Å². The van der Waals surface area contributed by atoms with E-state index >= 15 is 0 Å². The maximum Gasteiger partial charge on any atom is 0.332 e. The van der Waals surface area contributed by atoms with Gasteiger partial charge in [-0.25, -0.2) is 4.79 Å². The zero-order valence-corrected chi connectivity index (χ0v) is 15.7. The van der Waals surface area contributed by atoms with Crippen LogP contribution >= 0.6 is 15.9 Å². The van der Waals surface area contributed by atoms with Gasteiger partial charge < -0.3 is 14.8 Å². The first-order valence-corrected chi connectivity index (χ1v) is 8.93. The highest BCUT2D eigenvalue weighted by molar-refractivity contribution is 9.10. The summed E-state index contributed by atoms with van der Waals surface area (Å²) in [6, 6.07) is 8.19. The van der Waals surface area contributed by atoms with E-state index in [2.05, 4.69) is 33.4 Å². The van der Waals surface area contributed by atoms with Gasteiger partial charge in [-0.15, -0.1) is 0 Å². The van der Waals surface area contributed by atoms with Crippen molar-refractivity contribution in [1.29, 1.82) is 0 Å². The maximum absolute atomic E-state index is 12.0. The molecule has 0 spiro atoms. The Bertz CT molecular complexity index is 514. The Labute approximate surface area is 147 Å². The lowest BCUT2D eigenvalue weighted by molar-refractivity contribution is -0.168. The van der Waals surface area contributed by atoms with Crippen LogP contribution in [0.15, 0.2) is 28.7 Å². The third-order valence-corrected chi connectivity index (χ3v) is 4.43. The molecule has 128 valence electrons. The molecule has 1 saturated heterocycles. The van der Waals surface area contributed by atoms with Gasteiger partial charge in [0.15, 0.2) is 0 Å². The van der Waals surface area contributed by atoms with Crippen molar-refractivity contribution in [2.24, 2.45) is 0 Å². The molecule has 0 radical (unpaired) electrons. The lowest BCUT2D eigenvalue weighted by atomic mass is 9.86. The molecule has 0 amide bonds. The van der Waals surface area contributed by atoms with E-state index in [1.807, 2.05) is 32.9 Å². The van der Waals surface area contributed by atoms with Gasteiger partial charge >= 0.3 is 5.97 Å². The van der Waals surface area contributed by atoms with E-state index < -0.39 is 11.2 Å². The number of nitrogens with one attached hydrogen (secondary N) is 1. The summed E-state index contributed by atoms with van der Waals surface area (Å²) in [5, 5.41) is 3.40. The van der Waals surface area contributed by atoms with Crippen molar-refractivity contribution in [1.82, 2.24) is 5.32 Å². The average molecular weight is 384 g/mol. The molecule has 23 heavy (non-hydrogen) atoms. The highest BCUT2D eigenvalue weighted by Gasteiger charge is 2.35.